The molecule has 0 aromatic heterocycles. The number of hydrogen-bond donors (Lipinski definition) is 1. The fourth-order valence-electron chi connectivity index (χ4n) is 3.48. The zero-order valence-corrected chi connectivity index (χ0v) is 16.4. The first-order valence-electron chi connectivity index (χ1n) is 7.62. The third-order valence-electron chi connectivity index (χ3n) is 4.35. The molecular weight excluding hydrogens is 262 g/mol. The van der Waals surface area contributed by atoms with Gasteiger partial charge in [-0.05, 0) is 17.4 Å². The van der Waals surface area contributed by atoms with E-state index in [-0.39, 0.29) is 5.04 Å². The molecular formula is C16H33NSi2. The Balaban J connectivity index is 3.20. The summed E-state index contributed by atoms with van der Waals surface area (Å²) >= 11 is 0. The molecule has 0 fully saturated rings. The van der Waals surface area contributed by atoms with Crippen LogP contribution in [0.15, 0.2) is 23.8 Å². The maximum Gasteiger partial charge on any atom is 0.127 e. The summed E-state index contributed by atoms with van der Waals surface area (Å²) in [6.45, 7) is 21.6. The molecule has 1 aliphatic carbocycles. The van der Waals surface area contributed by atoms with Gasteiger partial charge in [0.15, 0.2) is 0 Å². The molecule has 1 atom stereocenters. The smallest absolute Gasteiger partial charge is 0.127 e. The quantitative estimate of drug-likeness (QED) is 0.690. The Labute approximate surface area is 122 Å². The van der Waals surface area contributed by atoms with Crippen molar-refractivity contribution in [2.45, 2.75) is 65.5 Å². The molecule has 1 aliphatic rings. The van der Waals surface area contributed by atoms with Crippen LogP contribution in [0.25, 0.3) is 0 Å². The second kappa shape index (κ2) is 5.34. The first kappa shape index (κ1) is 16.9. The molecule has 110 valence electrons. The first-order chi connectivity index (χ1) is 8.41. The Morgan fingerprint density at radius 2 is 1.53 bits per heavy atom. The van der Waals surface area contributed by atoms with E-state index in [4.69, 9.17) is 0 Å². The first-order valence-corrected chi connectivity index (χ1v) is 14.1. The van der Waals surface area contributed by atoms with Crippen molar-refractivity contribution in [1.82, 2.24) is 4.65 Å². The number of nitrogens with one attached hydrogen (secondary N) is 1. The van der Waals surface area contributed by atoms with Crippen LogP contribution in [0.5, 0.6) is 0 Å². The maximum absolute atomic E-state index is 4.10. The topological polar surface area (TPSA) is 12.0 Å². The van der Waals surface area contributed by atoms with Crippen molar-refractivity contribution in [1.29, 1.82) is 0 Å². The lowest BCUT2D eigenvalue weighted by Crippen LogP contribution is -2.63. The van der Waals surface area contributed by atoms with Gasteiger partial charge < -0.3 is 4.65 Å². The minimum atomic E-state index is -1.56. The fourth-order valence-corrected chi connectivity index (χ4v) is 14.3. The highest BCUT2D eigenvalue weighted by Crippen LogP contribution is 2.52. The summed E-state index contributed by atoms with van der Waals surface area (Å²) in [5.41, 5.74) is 1.52. The molecule has 0 spiro atoms. The lowest BCUT2D eigenvalue weighted by atomic mass is 9.95. The van der Waals surface area contributed by atoms with Gasteiger partial charge in [0, 0.05) is 5.04 Å². The highest BCUT2D eigenvalue weighted by Gasteiger charge is 2.49. The molecule has 0 aromatic carbocycles. The molecule has 0 saturated carbocycles. The summed E-state index contributed by atoms with van der Waals surface area (Å²) in [5, 5.41) is 0.271. The van der Waals surface area contributed by atoms with E-state index in [1.54, 1.807) is 0 Å². The van der Waals surface area contributed by atoms with Gasteiger partial charge in [0.25, 0.3) is 0 Å². The van der Waals surface area contributed by atoms with Crippen molar-refractivity contribution in [3.63, 3.8) is 0 Å². The predicted octanol–water partition coefficient (Wildman–Crippen LogP) is 5.16. The van der Waals surface area contributed by atoms with Crippen LogP contribution in [0, 0.1) is 11.8 Å². The van der Waals surface area contributed by atoms with Crippen LogP contribution in [0.4, 0.5) is 0 Å². The van der Waals surface area contributed by atoms with Crippen LogP contribution in [0.1, 0.15) is 27.7 Å². The van der Waals surface area contributed by atoms with Crippen molar-refractivity contribution in [3.05, 3.63) is 23.8 Å². The highest BCUT2D eigenvalue weighted by molar-refractivity contribution is 6.92. The molecule has 3 heteroatoms. The van der Waals surface area contributed by atoms with Crippen molar-refractivity contribution >= 4 is 16.5 Å². The van der Waals surface area contributed by atoms with Crippen LogP contribution < -0.4 is 4.65 Å². The summed E-state index contributed by atoms with van der Waals surface area (Å²) in [6.07, 6.45) is 7.47. The number of allylic oxidation sites excluding steroid dienone is 4. The van der Waals surface area contributed by atoms with Crippen molar-refractivity contribution in [2.24, 2.45) is 11.8 Å². The maximum atomic E-state index is 4.10. The molecule has 0 heterocycles. The lowest BCUT2D eigenvalue weighted by Gasteiger charge is -2.47. The Morgan fingerprint density at radius 3 is 1.84 bits per heavy atom. The van der Waals surface area contributed by atoms with Gasteiger partial charge in [0.05, 0.1) is 0 Å². The van der Waals surface area contributed by atoms with E-state index in [0.29, 0.717) is 11.8 Å². The highest BCUT2D eigenvalue weighted by atomic mass is 28.4. The zero-order valence-electron chi connectivity index (χ0n) is 14.4. The molecule has 1 unspecified atom stereocenters. The summed E-state index contributed by atoms with van der Waals surface area (Å²) in [5.74, 6) is 1.29. The minimum absolute atomic E-state index is 0.271. The molecule has 1 nitrogen and oxygen atoms in total. The van der Waals surface area contributed by atoms with Gasteiger partial charge in [-0.2, -0.15) is 0 Å². The van der Waals surface area contributed by atoms with E-state index in [9.17, 15) is 0 Å². The van der Waals surface area contributed by atoms with E-state index >= 15 is 0 Å². The second-order valence-electron chi connectivity index (χ2n) is 8.22. The van der Waals surface area contributed by atoms with Crippen LogP contribution in [-0.4, -0.2) is 16.5 Å². The Kier molecular flexibility index (Phi) is 4.76. The monoisotopic (exact) mass is 295 g/mol. The van der Waals surface area contributed by atoms with Crippen LogP contribution >= 0.6 is 0 Å². The van der Waals surface area contributed by atoms with Gasteiger partial charge in [0.1, 0.15) is 16.5 Å². The van der Waals surface area contributed by atoms with Gasteiger partial charge in [0.2, 0.25) is 0 Å². The molecule has 0 aliphatic heterocycles. The van der Waals surface area contributed by atoms with E-state index < -0.39 is 16.5 Å². The fraction of sp³-hybridized carbons (Fsp3) is 0.750. The summed E-state index contributed by atoms with van der Waals surface area (Å²) in [7, 11) is -2.81. The van der Waals surface area contributed by atoms with Gasteiger partial charge in [-0.15, -0.1) is 0 Å². The minimum Gasteiger partial charge on any atom is -0.359 e. The summed E-state index contributed by atoms with van der Waals surface area (Å²) in [4.78, 5) is 0. The van der Waals surface area contributed by atoms with Crippen LogP contribution in [-0.2, 0) is 0 Å². The predicted molar refractivity (Wildman–Crippen MR) is 93.6 cm³/mol. The SMILES string of the molecule is CC(C)C1=CC(C(C)C)([Si](C)(C)N[Si](C)(C)C)C=C1. The van der Waals surface area contributed by atoms with E-state index in [2.05, 4.69) is 83.3 Å². The second-order valence-corrected chi connectivity index (χ2v) is 17.8. The third-order valence-corrected chi connectivity index (χ3v) is 12.9. The van der Waals surface area contributed by atoms with E-state index in [1.807, 2.05) is 0 Å². The Morgan fingerprint density at radius 1 is 1.00 bits per heavy atom. The molecule has 0 saturated heterocycles. The van der Waals surface area contributed by atoms with Gasteiger partial charge in [-0.25, -0.2) is 0 Å². The largest absolute Gasteiger partial charge is 0.359 e. The lowest BCUT2D eigenvalue weighted by molar-refractivity contribution is 0.546. The number of rotatable bonds is 5. The third kappa shape index (κ3) is 3.50. The van der Waals surface area contributed by atoms with Crippen molar-refractivity contribution in [3.8, 4) is 0 Å². The molecule has 0 aromatic rings. The zero-order chi connectivity index (χ0) is 15.1. The Bertz CT molecular complexity index is 386. The Hall–Kier alpha value is -0.126. The summed E-state index contributed by atoms with van der Waals surface area (Å²) < 4.78 is 4.10. The molecule has 19 heavy (non-hydrogen) atoms. The average molecular weight is 296 g/mol. The van der Waals surface area contributed by atoms with Crippen LogP contribution in [0.3, 0.4) is 0 Å². The van der Waals surface area contributed by atoms with Gasteiger partial charge >= 0.3 is 0 Å². The average Bonchev–Trinajstić information content (AvgIpc) is 2.58. The molecule has 0 amide bonds. The molecule has 1 rings (SSSR count). The standard InChI is InChI=1S/C16H33NSi2/c1-13(2)15-10-11-16(12-15,14(3)4)19(8,9)17-18(5,6)7/h10-14,17H,1-9H3. The van der Waals surface area contributed by atoms with Gasteiger partial charge in [-0.3, -0.25) is 0 Å². The van der Waals surface area contributed by atoms with E-state index in [1.165, 1.54) is 5.57 Å². The summed E-state index contributed by atoms with van der Waals surface area (Å²) in [6, 6.07) is 0. The molecule has 0 radical (unpaired) electrons. The van der Waals surface area contributed by atoms with Crippen LogP contribution in [0.2, 0.25) is 37.8 Å². The van der Waals surface area contributed by atoms with Crippen molar-refractivity contribution in [2.75, 3.05) is 0 Å². The van der Waals surface area contributed by atoms with Gasteiger partial charge in [-0.1, -0.05) is 78.7 Å². The van der Waals surface area contributed by atoms with Crippen molar-refractivity contribution < 1.29 is 0 Å². The normalized spacial score (nSPS) is 24.5. The van der Waals surface area contributed by atoms with E-state index in [0.717, 1.165) is 0 Å². The molecule has 0 bridgehead atoms. The molecule has 1 N–H and O–H groups in total. The number of hydrogen-bond acceptors (Lipinski definition) is 1.